The zero-order chi connectivity index (χ0) is 16.7. The van der Waals surface area contributed by atoms with Crippen molar-refractivity contribution in [3.63, 3.8) is 0 Å². The summed E-state index contributed by atoms with van der Waals surface area (Å²) in [7, 11) is 1.55. The number of benzene rings is 2. The lowest BCUT2D eigenvalue weighted by molar-refractivity contribution is -0.120. The van der Waals surface area contributed by atoms with E-state index < -0.39 is 11.8 Å². The molecule has 0 saturated heterocycles. The molecule has 0 saturated carbocycles. The van der Waals surface area contributed by atoms with E-state index in [9.17, 15) is 9.59 Å². The second-order valence-corrected chi connectivity index (χ2v) is 5.00. The Kier molecular flexibility index (Phi) is 5.82. The molecule has 0 aliphatic carbocycles. The van der Waals surface area contributed by atoms with Crippen LogP contribution in [0.1, 0.15) is 10.4 Å². The second kappa shape index (κ2) is 8.05. The second-order valence-electron chi connectivity index (χ2n) is 4.57. The van der Waals surface area contributed by atoms with E-state index in [0.29, 0.717) is 22.0 Å². The van der Waals surface area contributed by atoms with Crippen LogP contribution < -0.4 is 20.9 Å². The van der Waals surface area contributed by atoms with Gasteiger partial charge >= 0.3 is 0 Å². The monoisotopic (exact) mass is 333 g/mol. The van der Waals surface area contributed by atoms with Crippen molar-refractivity contribution in [1.82, 2.24) is 10.9 Å². The van der Waals surface area contributed by atoms with E-state index in [4.69, 9.17) is 16.3 Å². The minimum absolute atomic E-state index is 0.0177. The molecule has 0 aliphatic rings. The van der Waals surface area contributed by atoms with Crippen LogP contribution in [0.4, 0.5) is 5.69 Å². The quantitative estimate of drug-likeness (QED) is 0.733. The van der Waals surface area contributed by atoms with Crippen molar-refractivity contribution in [2.24, 2.45) is 0 Å². The molecule has 0 spiro atoms. The third-order valence-electron chi connectivity index (χ3n) is 2.95. The molecule has 7 heteroatoms. The maximum absolute atomic E-state index is 11.9. The van der Waals surface area contributed by atoms with Crippen LogP contribution in [0.3, 0.4) is 0 Å². The number of para-hydroxylation sites is 2. The summed E-state index contributed by atoms with van der Waals surface area (Å²) in [5.74, 6) is -0.215. The Balaban J connectivity index is 1.82. The first-order valence-corrected chi connectivity index (χ1v) is 7.19. The van der Waals surface area contributed by atoms with Crippen LogP contribution in [0.2, 0.25) is 5.02 Å². The average Bonchev–Trinajstić information content (AvgIpc) is 2.58. The molecule has 0 aromatic heterocycles. The minimum atomic E-state index is -0.446. The molecule has 0 bridgehead atoms. The first kappa shape index (κ1) is 16.6. The Bertz CT molecular complexity index is 706. The van der Waals surface area contributed by atoms with E-state index in [1.54, 1.807) is 37.4 Å². The van der Waals surface area contributed by atoms with Gasteiger partial charge < -0.3 is 10.1 Å². The zero-order valence-corrected chi connectivity index (χ0v) is 13.2. The highest BCUT2D eigenvalue weighted by Gasteiger charge is 2.08. The number of carbonyl (C=O) groups excluding carboxylic acids is 2. The lowest BCUT2D eigenvalue weighted by Gasteiger charge is -2.11. The minimum Gasteiger partial charge on any atom is -0.495 e. The maximum atomic E-state index is 11.9. The number of halogens is 1. The summed E-state index contributed by atoms with van der Waals surface area (Å²) in [5.41, 5.74) is 5.69. The molecule has 0 atom stereocenters. The van der Waals surface area contributed by atoms with Crippen molar-refractivity contribution in [3.05, 3.63) is 59.1 Å². The molecule has 0 fully saturated rings. The number of anilines is 1. The normalized spacial score (nSPS) is 9.83. The summed E-state index contributed by atoms with van der Waals surface area (Å²) in [6.45, 7) is -0.0177. The standard InChI is InChI=1S/C16H16ClN3O3/c1-23-14-8-3-2-7-13(14)18-10-15(21)19-20-16(22)11-5-4-6-12(17)9-11/h2-9,18H,10H2,1H3,(H,19,21)(H,20,22). The third kappa shape index (κ3) is 4.89. The summed E-state index contributed by atoms with van der Waals surface area (Å²) in [4.78, 5) is 23.6. The highest BCUT2D eigenvalue weighted by atomic mass is 35.5. The van der Waals surface area contributed by atoms with Gasteiger partial charge in [0.1, 0.15) is 5.75 Å². The van der Waals surface area contributed by atoms with E-state index in [2.05, 4.69) is 16.2 Å². The fraction of sp³-hybridized carbons (Fsp3) is 0.125. The molecule has 23 heavy (non-hydrogen) atoms. The molecule has 0 heterocycles. The van der Waals surface area contributed by atoms with E-state index in [1.165, 1.54) is 6.07 Å². The van der Waals surface area contributed by atoms with Gasteiger partial charge in [0.25, 0.3) is 11.8 Å². The molecular formula is C16H16ClN3O3. The van der Waals surface area contributed by atoms with Gasteiger partial charge in [-0.05, 0) is 30.3 Å². The van der Waals surface area contributed by atoms with Gasteiger partial charge in [-0.3, -0.25) is 20.4 Å². The Labute approximate surface area is 138 Å². The average molecular weight is 334 g/mol. The van der Waals surface area contributed by atoms with Crippen molar-refractivity contribution in [1.29, 1.82) is 0 Å². The van der Waals surface area contributed by atoms with Gasteiger partial charge in [-0.2, -0.15) is 0 Å². The van der Waals surface area contributed by atoms with Crippen LogP contribution in [-0.4, -0.2) is 25.5 Å². The van der Waals surface area contributed by atoms with Gasteiger partial charge in [0, 0.05) is 10.6 Å². The molecule has 0 aliphatic heterocycles. The molecule has 3 N–H and O–H groups in total. The van der Waals surface area contributed by atoms with Gasteiger partial charge in [-0.15, -0.1) is 0 Å². The predicted octanol–water partition coefficient (Wildman–Crippen LogP) is 2.22. The summed E-state index contributed by atoms with van der Waals surface area (Å²) < 4.78 is 5.17. The van der Waals surface area contributed by atoms with E-state index in [1.807, 2.05) is 12.1 Å². The van der Waals surface area contributed by atoms with Gasteiger partial charge in [0.2, 0.25) is 0 Å². The number of amides is 2. The van der Waals surface area contributed by atoms with E-state index in [0.717, 1.165) is 0 Å². The molecule has 0 unspecified atom stereocenters. The van der Waals surface area contributed by atoms with Crippen LogP contribution in [0, 0.1) is 0 Å². The summed E-state index contributed by atoms with van der Waals surface area (Å²) in [6, 6.07) is 13.6. The predicted molar refractivity (Wildman–Crippen MR) is 88.5 cm³/mol. The van der Waals surface area contributed by atoms with Gasteiger partial charge in [0.05, 0.1) is 19.3 Å². The van der Waals surface area contributed by atoms with Crippen LogP contribution in [-0.2, 0) is 4.79 Å². The van der Waals surface area contributed by atoms with Crippen molar-refractivity contribution >= 4 is 29.1 Å². The largest absolute Gasteiger partial charge is 0.495 e. The molecule has 2 rings (SSSR count). The number of methoxy groups -OCH3 is 1. The number of nitrogens with one attached hydrogen (secondary N) is 3. The summed E-state index contributed by atoms with van der Waals surface area (Å²) >= 11 is 5.81. The van der Waals surface area contributed by atoms with Crippen LogP contribution >= 0.6 is 11.6 Å². The number of hydrogen-bond donors (Lipinski definition) is 3. The van der Waals surface area contributed by atoms with Gasteiger partial charge in [-0.1, -0.05) is 29.8 Å². The van der Waals surface area contributed by atoms with Gasteiger partial charge in [-0.25, -0.2) is 0 Å². The molecule has 120 valence electrons. The molecule has 2 aromatic carbocycles. The Hall–Kier alpha value is -2.73. The van der Waals surface area contributed by atoms with Crippen LogP contribution in [0.15, 0.2) is 48.5 Å². The third-order valence-corrected chi connectivity index (χ3v) is 3.18. The number of rotatable bonds is 5. The van der Waals surface area contributed by atoms with Crippen molar-refractivity contribution in [2.75, 3.05) is 19.0 Å². The zero-order valence-electron chi connectivity index (χ0n) is 12.4. The summed E-state index contributed by atoms with van der Waals surface area (Å²) in [6.07, 6.45) is 0. The van der Waals surface area contributed by atoms with Crippen molar-refractivity contribution < 1.29 is 14.3 Å². The molecular weight excluding hydrogens is 318 g/mol. The molecule has 2 amide bonds. The molecule has 2 aromatic rings. The fourth-order valence-electron chi connectivity index (χ4n) is 1.84. The smallest absolute Gasteiger partial charge is 0.269 e. The first-order valence-electron chi connectivity index (χ1n) is 6.82. The molecule has 0 radical (unpaired) electrons. The van der Waals surface area contributed by atoms with Crippen LogP contribution in [0.5, 0.6) is 5.75 Å². The van der Waals surface area contributed by atoms with Crippen molar-refractivity contribution in [2.45, 2.75) is 0 Å². The number of hydrazine groups is 1. The Morgan fingerprint density at radius 1 is 1.09 bits per heavy atom. The number of carbonyl (C=O) groups is 2. The summed E-state index contributed by atoms with van der Waals surface area (Å²) in [5, 5.41) is 3.37. The van der Waals surface area contributed by atoms with Crippen LogP contribution in [0.25, 0.3) is 0 Å². The molecule has 6 nitrogen and oxygen atoms in total. The van der Waals surface area contributed by atoms with E-state index >= 15 is 0 Å². The Morgan fingerprint density at radius 3 is 2.61 bits per heavy atom. The highest BCUT2D eigenvalue weighted by Crippen LogP contribution is 2.22. The lowest BCUT2D eigenvalue weighted by atomic mass is 10.2. The first-order chi connectivity index (χ1) is 11.1. The number of ether oxygens (including phenoxy) is 1. The fourth-order valence-corrected chi connectivity index (χ4v) is 2.03. The van der Waals surface area contributed by atoms with Crippen molar-refractivity contribution in [3.8, 4) is 5.75 Å². The highest BCUT2D eigenvalue weighted by molar-refractivity contribution is 6.30. The Morgan fingerprint density at radius 2 is 1.87 bits per heavy atom. The van der Waals surface area contributed by atoms with Gasteiger partial charge in [0.15, 0.2) is 0 Å². The number of hydrogen-bond acceptors (Lipinski definition) is 4. The van der Waals surface area contributed by atoms with E-state index in [-0.39, 0.29) is 6.54 Å². The maximum Gasteiger partial charge on any atom is 0.269 e. The lowest BCUT2D eigenvalue weighted by Crippen LogP contribution is -2.44. The SMILES string of the molecule is COc1ccccc1NCC(=O)NNC(=O)c1cccc(Cl)c1. The topological polar surface area (TPSA) is 79.5 Å².